The Kier molecular flexibility index (Phi) is 3.85. The van der Waals surface area contributed by atoms with Crippen LogP contribution in [0.15, 0.2) is 12.1 Å². The van der Waals surface area contributed by atoms with E-state index in [0.717, 1.165) is 23.2 Å². The fraction of sp³-hybridized carbons (Fsp3) is 0.308. The summed E-state index contributed by atoms with van der Waals surface area (Å²) in [5.41, 5.74) is 8.35. The van der Waals surface area contributed by atoms with Crippen LogP contribution in [0.1, 0.15) is 12.5 Å². The lowest BCUT2D eigenvalue weighted by Gasteiger charge is -2.16. The summed E-state index contributed by atoms with van der Waals surface area (Å²) < 4.78 is 10.7. The van der Waals surface area contributed by atoms with Gasteiger partial charge in [-0.25, -0.2) is 0 Å². The van der Waals surface area contributed by atoms with Gasteiger partial charge in [-0.1, -0.05) is 18.5 Å². The molecule has 1 aromatic heterocycles. The third-order valence-electron chi connectivity index (χ3n) is 2.94. The Morgan fingerprint density at radius 1 is 1.26 bits per heavy atom. The number of nitrogens with one attached hydrogen (secondary N) is 1. The van der Waals surface area contributed by atoms with Crippen molar-refractivity contribution in [1.29, 1.82) is 0 Å². The third kappa shape index (κ3) is 2.33. The Morgan fingerprint density at radius 3 is 2.42 bits per heavy atom. The van der Waals surface area contributed by atoms with Crippen LogP contribution in [0.2, 0.25) is 5.02 Å². The second kappa shape index (κ2) is 5.40. The fourth-order valence-corrected chi connectivity index (χ4v) is 2.39. The molecule has 6 heteroatoms. The van der Waals surface area contributed by atoms with Crippen LogP contribution in [0.5, 0.6) is 11.5 Å². The average Bonchev–Trinajstić information content (AvgIpc) is 2.83. The van der Waals surface area contributed by atoms with Crippen molar-refractivity contribution in [3.05, 3.63) is 22.7 Å². The zero-order valence-corrected chi connectivity index (χ0v) is 11.8. The van der Waals surface area contributed by atoms with Crippen LogP contribution in [-0.2, 0) is 6.42 Å². The molecule has 0 aliphatic heterocycles. The zero-order valence-electron chi connectivity index (χ0n) is 11.1. The molecule has 0 saturated heterocycles. The highest BCUT2D eigenvalue weighted by molar-refractivity contribution is 6.32. The molecule has 0 aliphatic carbocycles. The second-order valence-corrected chi connectivity index (χ2v) is 4.42. The van der Waals surface area contributed by atoms with E-state index in [2.05, 4.69) is 10.2 Å². The van der Waals surface area contributed by atoms with Gasteiger partial charge < -0.3 is 15.2 Å². The van der Waals surface area contributed by atoms with Gasteiger partial charge in [-0.15, -0.1) is 0 Å². The number of aromatic nitrogens is 2. The summed E-state index contributed by atoms with van der Waals surface area (Å²) in [5.74, 6) is 1.61. The average molecular weight is 282 g/mol. The molecule has 0 unspecified atom stereocenters. The van der Waals surface area contributed by atoms with Crippen LogP contribution in [0.25, 0.3) is 11.3 Å². The molecule has 2 rings (SSSR count). The van der Waals surface area contributed by atoms with E-state index in [4.69, 9.17) is 26.8 Å². The molecule has 0 aliphatic rings. The SMILES string of the molecule is CCc1c(-c2cc(N)n[nH]2)cc(Cl)c(OC)c1OC. The van der Waals surface area contributed by atoms with E-state index in [1.54, 1.807) is 20.3 Å². The fourth-order valence-electron chi connectivity index (χ4n) is 2.12. The maximum absolute atomic E-state index is 6.23. The summed E-state index contributed by atoms with van der Waals surface area (Å²) in [7, 11) is 3.16. The standard InChI is InChI=1S/C13H16ClN3O2/c1-4-7-8(10-6-11(15)17-16-10)5-9(14)13(19-3)12(7)18-2/h5-6H,4H2,1-3H3,(H3,15,16,17). The predicted octanol–water partition coefficient (Wildman–Crippen LogP) is 2.89. The molecule has 0 atom stereocenters. The van der Waals surface area contributed by atoms with Gasteiger partial charge in [0.05, 0.1) is 24.9 Å². The summed E-state index contributed by atoms with van der Waals surface area (Å²) in [6.07, 6.45) is 0.769. The van der Waals surface area contributed by atoms with Crippen molar-refractivity contribution in [3.8, 4) is 22.8 Å². The number of H-pyrrole nitrogens is 1. The van der Waals surface area contributed by atoms with Gasteiger partial charge in [-0.2, -0.15) is 5.10 Å². The summed E-state index contributed by atoms with van der Waals surface area (Å²) in [4.78, 5) is 0. The molecule has 0 spiro atoms. The summed E-state index contributed by atoms with van der Waals surface area (Å²) in [6.45, 7) is 2.04. The van der Waals surface area contributed by atoms with Crippen LogP contribution >= 0.6 is 11.6 Å². The molecule has 3 N–H and O–H groups in total. The van der Waals surface area contributed by atoms with Gasteiger partial charge in [0, 0.05) is 17.2 Å². The highest BCUT2D eigenvalue weighted by Crippen LogP contribution is 2.43. The Morgan fingerprint density at radius 2 is 1.95 bits per heavy atom. The van der Waals surface area contributed by atoms with E-state index < -0.39 is 0 Å². The molecule has 0 saturated carbocycles. The minimum atomic E-state index is 0.433. The Hall–Kier alpha value is -1.88. The van der Waals surface area contributed by atoms with Gasteiger partial charge in [0.2, 0.25) is 0 Å². The van der Waals surface area contributed by atoms with Crippen LogP contribution in [0.3, 0.4) is 0 Å². The van der Waals surface area contributed by atoms with Crippen molar-refractivity contribution < 1.29 is 9.47 Å². The van der Waals surface area contributed by atoms with Crippen LogP contribution in [0.4, 0.5) is 5.82 Å². The lowest BCUT2D eigenvalue weighted by atomic mass is 10.0. The van der Waals surface area contributed by atoms with Crippen LogP contribution in [-0.4, -0.2) is 24.4 Å². The molecule has 102 valence electrons. The predicted molar refractivity (Wildman–Crippen MR) is 75.9 cm³/mol. The first kappa shape index (κ1) is 13.5. The maximum atomic E-state index is 6.23. The lowest BCUT2D eigenvalue weighted by molar-refractivity contribution is 0.352. The van der Waals surface area contributed by atoms with E-state index >= 15 is 0 Å². The number of aromatic amines is 1. The number of halogens is 1. The topological polar surface area (TPSA) is 73.2 Å². The zero-order chi connectivity index (χ0) is 14.0. The molecule has 0 radical (unpaired) electrons. The highest BCUT2D eigenvalue weighted by atomic mass is 35.5. The van der Waals surface area contributed by atoms with Crippen molar-refractivity contribution in [2.75, 3.05) is 20.0 Å². The lowest BCUT2D eigenvalue weighted by Crippen LogP contribution is -1.99. The van der Waals surface area contributed by atoms with Gasteiger partial charge in [-0.05, 0) is 12.5 Å². The Labute approximate surface area is 116 Å². The number of nitrogen functional groups attached to an aromatic ring is 1. The molecule has 0 amide bonds. The molecule has 5 nitrogen and oxygen atoms in total. The molecule has 1 heterocycles. The van der Waals surface area contributed by atoms with Gasteiger partial charge >= 0.3 is 0 Å². The molecule has 0 bridgehead atoms. The minimum Gasteiger partial charge on any atom is -0.492 e. The normalized spacial score (nSPS) is 10.5. The smallest absolute Gasteiger partial charge is 0.179 e. The van der Waals surface area contributed by atoms with Gasteiger partial charge in [0.15, 0.2) is 11.5 Å². The number of methoxy groups -OCH3 is 2. The minimum absolute atomic E-state index is 0.433. The molecular formula is C13H16ClN3O2. The number of rotatable bonds is 4. The van der Waals surface area contributed by atoms with Gasteiger partial charge in [0.1, 0.15) is 5.82 Å². The van der Waals surface area contributed by atoms with E-state index in [9.17, 15) is 0 Å². The van der Waals surface area contributed by atoms with Crippen molar-refractivity contribution in [1.82, 2.24) is 10.2 Å². The summed E-state index contributed by atoms with van der Waals surface area (Å²) >= 11 is 6.23. The first-order valence-corrected chi connectivity index (χ1v) is 6.24. The Bertz CT molecular complexity index is 596. The van der Waals surface area contributed by atoms with E-state index in [1.165, 1.54) is 0 Å². The largest absolute Gasteiger partial charge is 0.492 e. The number of benzene rings is 1. The maximum Gasteiger partial charge on any atom is 0.179 e. The number of hydrogen-bond acceptors (Lipinski definition) is 4. The number of hydrogen-bond donors (Lipinski definition) is 2. The monoisotopic (exact) mass is 281 g/mol. The highest BCUT2D eigenvalue weighted by Gasteiger charge is 2.19. The number of ether oxygens (including phenoxy) is 2. The number of nitrogens with two attached hydrogens (primary N) is 1. The van der Waals surface area contributed by atoms with E-state index in [-0.39, 0.29) is 0 Å². The van der Waals surface area contributed by atoms with Crippen molar-refractivity contribution in [2.45, 2.75) is 13.3 Å². The molecule has 2 aromatic rings. The molecule has 19 heavy (non-hydrogen) atoms. The Balaban J connectivity index is 2.71. The quantitative estimate of drug-likeness (QED) is 0.904. The summed E-state index contributed by atoms with van der Waals surface area (Å²) in [5, 5.41) is 7.30. The number of anilines is 1. The second-order valence-electron chi connectivity index (χ2n) is 4.01. The van der Waals surface area contributed by atoms with E-state index in [0.29, 0.717) is 22.3 Å². The first-order chi connectivity index (χ1) is 9.12. The first-order valence-electron chi connectivity index (χ1n) is 5.86. The van der Waals surface area contributed by atoms with Crippen molar-refractivity contribution in [3.63, 3.8) is 0 Å². The van der Waals surface area contributed by atoms with Gasteiger partial charge in [0.25, 0.3) is 0 Å². The molecular weight excluding hydrogens is 266 g/mol. The third-order valence-corrected chi connectivity index (χ3v) is 3.22. The molecule has 0 fully saturated rings. The van der Waals surface area contributed by atoms with Crippen molar-refractivity contribution >= 4 is 17.4 Å². The van der Waals surface area contributed by atoms with Crippen LogP contribution < -0.4 is 15.2 Å². The van der Waals surface area contributed by atoms with Crippen LogP contribution in [0, 0.1) is 0 Å². The van der Waals surface area contributed by atoms with Gasteiger partial charge in [-0.3, -0.25) is 5.10 Å². The van der Waals surface area contributed by atoms with E-state index in [1.807, 2.05) is 13.0 Å². The van der Waals surface area contributed by atoms with Crippen molar-refractivity contribution in [2.24, 2.45) is 0 Å². The number of nitrogens with zero attached hydrogens (tertiary/aromatic N) is 1. The summed E-state index contributed by atoms with van der Waals surface area (Å²) in [6, 6.07) is 3.59. The molecule has 1 aromatic carbocycles.